The highest BCUT2D eigenvalue weighted by Crippen LogP contribution is 2.27. The average Bonchev–Trinajstić information content (AvgIpc) is 2.37. The Balaban J connectivity index is 3.18. The lowest BCUT2D eigenvalue weighted by molar-refractivity contribution is -0.138. The van der Waals surface area contributed by atoms with E-state index in [1.807, 2.05) is 17.9 Å². The first-order valence-corrected chi connectivity index (χ1v) is 6.70. The van der Waals surface area contributed by atoms with Crippen LogP contribution in [0.25, 0.3) is 0 Å². The van der Waals surface area contributed by atoms with Gasteiger partial charge in [0, 0.05) is 12.2 Å². The number of ether oxygens (including phenoxy) is 1. The van der Waals surface area contributed by atoms with Gasteiger partial charge in [-0.05, 0) is 18.6 Å². The van der Waals surface area contributed by atoms with E-state index in [1.165, 1.54) is 7.11 Å². The number of hydrogen-bond acceptors (Lipinski definition) is 4. The molecule has 104 valence electrons. The Labute approximate surface area is 123 Å². The monoisotopic (exact) mass is 300 g/mol. The van der Waals surface area contributed by atoms with Crippen LogP contribution in [0.15, 0.2) is 18.2 Å². The van der Waals surface area contributed by atoms with Crippen molar-refractivity contribution in [1.29, 1.82) is 0 Å². The second-order valence-electron chi connectivity index (χ2n) is 4.00. The number of hydrogen-bond donors (Lipinski definition) is 1. The minimum absolute atomic E-state index is 0.139. The molecule has 0 aromatic heterocycles. The summed E-state index contributed by atoms with van der Waals surface area (Å²) in [7, 11) is 1.36. The number of esters is 1. The summed E-state index contributed by atoms with van der Waals surface area (Å²) in [6.07, 6.45) is 0.875. The molecule has 0 unspecified atom stereocenters. The highest BCUT2D eigenvalue weighted by Gasteiger charge is 2.17. The molecule has 0 fully saturated rings. The number of thiocarbonyl (C=S) groups is 1. The molecule has 1 rings (SSSR count). The standard InChI is InChI=1S/C13H17ClN2O2S/c1-3-7-16(8-11(17)18-2)10-6-4-5-9(14)12(10)13(15)19/h4-6H,3,7-8H2,1-2H3,(H2,15,19). The summed E-state index contributed by atoms with van der Waals surface area (Å²) >= 11 is 11.2. The molecule has 0 radical (unpaired) electrons. The zero-order valence-corrected chi connectivity index (χ0v) is 12.6. The van der Waals surface area contributed by atoms with Gasteiger partial charge >= 0.3 is 5.97 Å². The Morgan fingerprint density at radius 2 is 2.21 bits per heavy atom. The molecule has 0 atom stereocenters. The molecular formula is C13H17ClN2O2S. The fourth-order valence-corrected chi connectivity index (χ4v) is 2.34. The Hall–Kier alpha value is -1.33. The van der Waals surface area contributed by atoms with Crippen molar-refractivity contribution in [2.24, 2.45) is 5.73 Å². The van der Waals surface area contributed by atoms with Gasteiger partial charge in [0.15, 0.2) is 0 Å². The van der Waals surface area contributed by atoms with Crippen LogP contribution in [0.5, 0.6) is 0 Å². The van der Waals surface area contributed by atoms with E-state index in [-0.39, 0.29) is 17.5 Å². The largest absolute Gasteiger partial charge is 0.468 e. The second-order valence-corrected chi connectivity index (χ2v) is 4.84. The molecule has 0 saturated carbocycles. The van der Waals surface area contributed by atoms with Crippen molar-refractivity contribution < 1.29 is 9.53 Å². The van der Waals surface area contributed by atoms with Crippen LogP contribution in [0.3, 0.4) is 0 Å². The quantitative estimate of drug-likeness (QED) is 0.646. The Kier molecular flexibility index (Phi) is 6.05. The van der Waals surface area contributed by atoms with E-state index in [0.29, 0.717) is 17.1 Å². The molecule has 0 spiro atoms. The molecule has 1 aromatic rings. The van der Waals surface area contributed by atoms with Crippen LogP contribution in [0.2, 0.25) is 5.02 Å². The van der Waals surface area contributed by atoms with Crippen molar-refractivity contribution in [3.8, 4) is 0 Å². The van der Waals surface area contributed by atoms with E-state index < -0.39 is 0 Å². The molecule has 0 saturated heterocycles. The third-order valence-corrected chi connectivity index (χ3v) is 3.14. The predicted octanol–water partition coefficient (Wildman–Crippen LogP) is 2.36. The van der Waals surface area contributed by atoms with Gasteiger partial charge in [-0.15, -0.1) is 0 Å². The van der Waals surface area contributed by atoms with Crippen LogP contribution >= 0.6 is 23.8 Å². The maximum atomic E-state index is 11.5. The van der Waals surface area contributed by atoms with E-state index in [4.69, 9.17) is 34.3 Å². The van der Waals surface area contributed by atoms with Crippen molar-refractivity contribution in [1.82, 2.24) is 0 Å². The second kappa shape index (κ2) is 7.31. The molecule has 19 heavy (non-hydrogen) atoms. The van der Waals surface area contributed by atoms with Crippen LogP contribution in [0, 0.1) is 0 Å². The SMILES string of the molecule is CCCN(CC(=O)OC)c1cccc(Cl)c1C(N)=S. The maximum Gasteiger partial charge on any atom is 0.325 e. The van der Waals surface area contributed by atoms with Crippen molar-refractivity contribution >= 4 is 40.5 Å². The molecule has 6 heteroatoms. The summed E-state index contributed by atoms with van der Waals surface area (Å²) in [5.74, 6) is -0.317. The summed E-state index contributed by atoms with van der Waals surface area (Å²) in [4.78, 5) is 13.6. The Morgan fingerprint density at radius 3 is 2.74 bits per heavy atom. The van der Waals surface area contributed by atoms with Gasteiger partial charge in [-0.25, -0.2) is 0 Å². The summed E-state index contributed by atoms with van der Waals surface area (Å²) in [6, 6.07) is 5.38. The number of rotatable bonds is 6. The van der Waals surface area contributed by atoms with Crippen molar-refractivity contribution in [2.45, 2.75) is 13.3 Å². The first-order valence-electron chi connectivity index (χ1n) is 5.91. The number of carbonyl (C=O) groups is 1. The fourth-order valence-electron chi connectivity index (χ4n) is 1.80. The molecule has 1 aromatic carbocycles. The summed E-state index contributed by atoms with van der Waals surface area (Å²) in [6.45, 7) is 2.85. The van der Waals surface area contributed by atoms with Gasteiger partial charge in [-0.3, -0.25) is 4.79 Å². The molecule has 0 aliphatic rings. The molecule has 0 bridgehead atoms. The Morgan fingerprint density at radius 1 is 1.53 bits per heavy atom. The first-order chi connectivity index (χ1) is 9.01. The van der Waals surface area contributed by atoms with Crippen molar-refractivity contribution in [3.63, 3.8) is 0 Å². The summed E-state index contributed by atoms with van der Waals surface area (Å²) < 4.78 is 4.70. The fraction of sp³-hybridized carbons (Fsp3) is 0.385. The highest BCUT2D eigenvalue weighted by atomic mass is 35.5. The molecular weight excluding hydrogens is 284 g/mol. The van der Waals surface area contributed by atoms with Crippen molar-refractivity contribution in [3.05, 3.63) is 28.8 Å². The average molecular weight is 301 g/mol. The lowest BCUT2D eigenvalue weighted by Crippen LogP contribution is -2.33. The molecule has 0 heterocycles. The zero-order valence-electron chi connectivity index (χ0n) is 11.0. The number of carbonyl (C=O) groups excluding carboxylic acids is 1. The number of nitrogens with zero attached hydrogens (tertiary/aromatic N) is 1. The molecule has 2 N–H and O–H groups in total. The van der Waals surface area contributed by atoms with Crippen LogP contribution in [-0.4, -0.2) is 31.2 Å². The number of methoxy groups -OCH3 is 1. The third-order valence-electron chi connectivity index (χ3n) is 2.62. The van der Waals surface area contributed by atoms with E-state index in [0.717, 1.165) is 12.1 Å². The molecule has 0 aliphatic carbocycles. The molecule has 0 aliphatic heterocycles. The summed E-state index contributed by atoms with van der Waals surface area (Å²) in [5, 5.41) is 0.482. The third kappa shape index (κ3) is 4.08. The van der Waals surface area contributed by atoms with Gasteiger partial charge in [0.25, 0.3) is 0 Å². The van der Waals surface area contributed by atoms with Gasteiger partial charge in [-0.1, -0.05) is 36.8 Å². The van der Waals surface area contributed by atoms with E-state index in [2.05, 4.69) is 0 Å². The van der Waals surface area contributed by atoms with Crippen molar-refractivity contribution in [2.75, 3.05) is 25.1 Å². The minimum Gasteiger partial charge on any atom is -0.468 e. The Bertz CT molecular complexity index is 480. The minimum atomic E-state index is -0.317. The smallest absolute Gasteiger partial charge is 0.325 e. The number of benzene rings is 1. The highest BCUT2D eigenvalue weighted by molar-refractivity contribution is 7.80. The first kappa shape index (κ1) is 15.7. The van der Waals surface area contributed by atoms with E-state index in [1.54, 1.807) is 12.1 Å². The van der Waals surface area contributed by atoms with Gasteiger partial charge in [-0.2, -0.15) is 0 Å². The van der Waals surface area contributed by atoms with Gasteiger partial charge in [0.2, 0.25) is 0 Å². The number of anilines is 1. The van der Waals surface area contributed by atoms with E-state index in [9.17, 15) is 4.79 Å². The van der Waals surface area contributed by atoms with Gasteiger partial charge in [0.05, 0.1) is 17.7 Å². The van der Waals surface area contributed by atoms with Crippen LogP contribution in [0.1, 0.15) is 18.9 Å². The topological polar surface area (TPSA) is 55.6 Å². The van der Waals surface area contributed by atoms with Gasteiger partial charge in [0.1, 0.15) is 11.5 Å². The number of halogens is 1. The van der Waals surface area contributed by atoms with Crippen LogP contribution in [-0.2, 0) is 9.53 Å². The van der Waals surface area contributed by atoms with Gasteiger partial charge < -0.3 is 15.4 Å². The predicted molar refractivity (Wildman–Crippen MR) is 81.9 cm³/mol. The normalized spacial score (nSPS) is 10.1. The number of nitrogens with two attached hydrogens (primary N) is 1. The lowest BCUT2D eigenvalue weighted by Gasteiger charge is -2.25. The van der Waals surface area contributed by atoms with E-state index >= 15 is 0 Å². The summed E-state index contributed by atoms with van der Waals surface area (Å²) in [5.41, 5.74) is 7.07. The maximum absolute atomic E-state index is 11.5. The zero-order chi connectivity index (χ0) is 14.4. The van der Waals surface area contributed by atoms with Crippen LogP contribution in [0.4, 0.5) is 5.69 Å². The molecule has 0 amide bonds. The lowest BCUT2D eigenvalue weighted by atomic mass is 10.1. The van der Waals surface area contributed by atoms with Crippen LogP contribution < -0.4 is 10.6 Å². The molecule has 4 nitrogen and oxygen atoms in total.